The molecule has 0 aliphatic rings. The van der Waals surface area contributed by atoms with Gasteiger partial charge < -0.3 is 14.4 Å². The van der Waals surface area contributed by atoms with Crippen LogP contribution >= 0.6 is 0 Å². The zero-order valence-corrected chi connectivity index (χ0v) is 13.2. The molecule has 0 bridgehead atoms. The lowest BCUT2D eigenvalue weighted by Gasteiger charge is -2.32. The quantitative estimate of drug-likeness (QED) is 0.916. The number of carboxylic acids is 1. The first-order chi connectivity index (χ1) is 9.79. The van der Waals surface area contributed by atoms with E-state index >= 15 is 0 Å². The van der Waals surface area contributed by atoms with Gasteiger partial charge in [0.1, 0.15) is 11.3 Å². The van der Waals surface area contributed by atoms with Crippen molar-refractivity contribution in [2.75, 3.05) is 21.2 Å². The summed E-state index contributed by atoms with van der Waals surface area (Å²) in [6.45, 7) is 1.74. The molecule has 114 valence electrons. The van der Waals surface area contributed by atoms with Crippen molar-refractivity contribution < 1.29 is 14.6 Å². The van der Waals surface area contributed by atoms with E-state index in [0.29, 0.717) is 6.42 Å². The monoisotopic (exact) mass is 290 g/mol. The summed E-state index contributed by atoms with van der Waals surface area (Å²) in [4.78, 5) is 13.4. The zero-order chi connectivity index (χ0) is 15.8. The number of aryl methyl sites for hydroxylation is 1. The first-order valence-corrected chi connectivity index (χ1v) is 6.82. The standard InChI is InChI=1S/C16H22N2O3/c1-16(15(19)20,17(2)3)9-11-10-18(4)14-7-6-12(21-5)8-13(11)14/h6-8,10H,9H2,1-5H3,(H,19,20). The number of carboxylic acid groups (broad SMARTS) is 1. The van der Waals surface area contributed by atoms with E-state index in [1.54, 1.807) is 33.0 Å². The molecule has 0 aliphatic carbocycles. The maximum atomic E-state index is 11.7. The molecule has 5 nitrogen and oxygen atoms in total. The number of hydrogen-bond donors (Lipinski definition) is 1. The average molecular weight is 290 g/mol. The van der Waals surface area contributed by atoms with Crippen LogP contribution in [0.5, 0.6) is 5.75 Å². The second kappa shape index (κ2) is 5.41. The van der Waals surface area contributed by atoms with Gasteiger partial charge in [-0.3, -0.25) is 9.69 Å². The van der Waals surface area contributed by atoms with Gasteiger partial charge in [0.25, 0.3) is 0 Å². The van der Waals surface area contributed by atoms with Crippen LogP contribution in [0.25, 0.3) is 10.9 Å². The van der Waals surface area contributed by atoms with E-state index in [2.05, 4.69) is 0 Å². The van der Waals surface area contributed by atoms with Gasteiger partial charge >= 0.3 is 5.97 Å². The smallest absolute Gasteiger partial charge is 0.324 e. The number of benzene rings is 1. The van der Waals surface area contributed by atoms with Gasteiger partial charge in [0.05, 0.1) is 7.11 Å². The van der Waals surface area contributed by atoms with Gasteiger partial charge in [-0.05, 0) is 44.8 Å². The van der Waals surface area contributed by atoms with Gasteiger partial charge in [-0.15, -0.1) is 0 Å². The van der Waals surface area contributed by atoms with Crippen LogP contribution in [-0.4, -0.2) is 47.3 Å². The first-order valence-electron chi connectivity index (χ1n) is 6.82. The number of carbonyl (C=O) groups is 1. The Labute approximate surface area is 124 Å². The minimum atomic E-state index is -0.947. The topological polar surface area (TPSA) is 54.7 Å². The van der Waals surface area contributed by atoms with Crippen molar-refractivity contribution in [3.05, 3.63) is 30.0 Å². The molecule has 0 radical (unpaired) electrons. The first kappa shape index (κ1) is 15.4. The third kappa shape index (κ3) is 2.61. The lowest BCUT2D eigenvalue weighted by Crippen LogP contribution is -2.50. The van der Waals surface area contributed by atoms with Crippen molar-refractivity contribution in [2.24, 2.45) is 7.05 Å². The Morgan fingerprint density at radius 2 is 2.10 bits per heavy atom. The van der Waals surface area contributed by atoms with Gasteiger partial charge in [-0.2, -0.15) is 0 Å². The highest BCUT2D eigenvalue weighted by Crippen LogP contribution is 2.29. The van der Waals surface area contributed by atoms with Crippen molar-refractivity contribution >= 4 is 16.9 Å². The number of hydrogen-bond acceptors (Lipinski definition) is 3. The summed E-state index contributed by atoms with van der Waals surface area (Å²) < 4.78 is 7.29. The molecule has 0 spiro atoms. The van der Waals surface area contributed by atoms with Crippen molar-refractivity contribution in [1.29, 1.82) is 0 Å². The van der Waals surface area contributed by atoms with E-state index in [-0.39, 0.29) is 0 Å². The van der Waals surface area contributed by atoms with Gasteiger partial charge in [0.15, 0.2) is 0 Å². The summed E-state index contributed by atoms with van der Waals surface area (Å²) in [7, 11) is 7.18. The lowest BCUT2D eigenvalue weighted by atomic mass is 9.91. The third-order valence-corrected chi connectivity index (χ3v) is 4.26. The van der Waals surface area contributed by atoms with Crippen LogP contribution in [0.15, 0.2) is 24.4 Å². The van der Waals surface area contributed by atoms with Crippen molar-refractivity contribution in [1.82, 2.24) is 9.47 Å². The molecule has 21 heavy (non-hydrogen) atoms. The Morgan fingerprint density at radius 1 is 1.43 bits per heavy atom. The highest BCUT2D eigenvalue weighted by molar-refractivity contribution is 5.87. The largest absolute Gasteiger partial charge is 0.497 e. The van der Waals surface area contributed by atoms with Crippen LogP contribution in [0, 0.1) is 0 Å². The Kier molecular flexibility index (Phi) is 3.96. The summed E-state index contributed by atoms with van der Waals surface area (Å²) in [6, 6.07) is 5.86. The number of nitrogens with zero attached hydrogens (tertiary/aromatic N) is 2. The Bertz CT molecular complexity index is 675. The van der Waals surface area contributed by atoms with E-state index in [1.807, 2.05) is 36.0 Å². The fraction of sp³-hybridized carbons (Fsp3) is 0.438. The van der Waals surface area contributed by atoms with Gasteiger partial charge in [0, 0.05) is 30.6 Å². The number of fused-ring (bicyclic) bond motifs is 1. The SMILES string of the molecule is COc1ccc2c(c1)c(CC(C)(C(=O)O)N(C)C)cn2C. The normalized spacial score (nSPS) is 14.4. The fourth-order valence-electron chi connectivity index (χ4n) is 2.52. The number of aliphatic carboxylic acids is 1. The van der Waals surface area contributed by atoms with Crippen molar-refractivity contribution in [3.63, 3.8) is 0 Å². The average Bonchev–Trinajstić information content (AvgIpc) is 2.74. The number of methoxy groups -OCH3 is 1. The maximum Gasteiger partial charge on any atom is 0.324 e. The second-order valence-electron chi connectivity index (χ2n) is 5.80. The molecule has 1 atom stereocenters. The van der Waals surface area contributed by atoms with Crippen LogP contribution < -0.4 is 4.74 Å². The fourth-order valence-corrected chi connectivity index (χ4v) is 2.52. The number of aromatic nitrogens is 1. The molecular weight excluding hydrogens is 268 g/mol. The molecule has 0 saturated carbocycles. The molecule has 1 heterocycles. The van der Waals surface area contributed by atoms with Gasteiger partial charge in [-0.25, -0.2) is 0 Å². The minimum Gasteiger partial charge on any atom is -0.497 e. The zero-order valence-electron chi connectivity index (χ0n) is 13.2. The second-order valence-corrected chi connectivity index (χ2v) is 5.80. The van der Waals surface area contributed by atoms with Crippen LogP contribution in [0.2, 0.25) is 0 Å². The predicted octanol–water partition coefficient (Wildman–Crippen LogP) is 2.13. The molecule has 1 aromatic heterocycles. The lowest BCUT2D eigenvalue weighted by molar-refractivity contribution is -0.148. The molecule has 2 rings (SSSR count). The van der Waals surface area contributed by atoms with E-state index in [1.165, 1.54) is 0 Å². The van der Waals surface area contributed by atoms with Crippen LogP contribution in [0.3, 0.4) is 0 Å². The van der Waals surface area contributed by atoms with Crippen LogP contribution in [0.1, 0.15) is 12.5 Å². The van der Waals surface area contributed by atoms with E-state index < -0.39 is 11.5 Å². The van der Waals surface area contributed by atoms with Gasteiger partial charge in [-0.1, -0.05) is 0 Å². The molecule has 2 aromatic rings. The van der Waals surface area contributed by atoms with Crippen molar-refractivity contribution in [3.8, 4) is 5.75 Å². The minimum absolute atomic E-state index is 0.430. The predicted molar refractivity (Wildman–Crippen MR) is 82.9 cm³/mol. The summed E-state index contributed by atoms with van der Waals surface area (Å²) >= 11 is 0. The number of likely N-dealkylation sites (N-methyl/N-ethyl adjacent to an activating group) is 1. The number of ether oxygens (including phenoxy) is 1. The Hall–Kier alpha value is -2.01. The van der Waals surface area contributed by atoms with E-state index in [0.717, 1.165) is 22.2 Å². The highest BCUT2D eigenvalue weighted by atomic mass is 16.5. The molecular formula is C16H22N2O3. The highest BCUT2D eigenvalue weighted by Gasteiger charge is 2.36. The number of rotatable bonds is 5. The van der Waals surface area contributed by atoms with E-state index in [4.69, 9.17) is 4.74 Å². The van der Waals surface area contributed by atoms with Gasteiger partial charge in [0.2, 0.25) is 0 Å². The third-order valence-electron chi connectivity index (χ3n) is 4.26. The van der Waals surface area contributed by atoms with Crippen molar-refractivity contribution in [2.45, 2.75) is 18.9 Å². The molecule has 1 unspecified atom stereocenters. The molecule has 0 amide bonds. The molecule has 0 aliphatic heterocycles. The molecule has 1 aromatic carbocycles. The van der Waals surface area contributed by atoms with Crippen LogP contribution in [-0.2, 0) is 18.3 Å². The maximum absolute atomic E-state index is 11.7. The van der Waals surface area contributed by atoms with Crippen LogP contribution in [0.4, 0.5) is 0 Å². The molecule has 0 fully saturated rings. The summed E-state index contributed by atoms with van der Waals surface area (Å²) in [5.74, 6) is -0.0516. The Morgan fingerprint density at radius 3 is 2.62 bits per heavy atom. The summed E-state index contributed by atoms with van der Waals surface area (Å²) in [6.07, 6.45) is 2.43. The molecule has 5 heteroatoms. The molecule has 1 N–H and O–H groups in total. The summed E-state index contributed by atoms with van der Waals surface area (Å²) in [5, 5.41) is 10.6. The Balaban J connectivity index is 2.53. The summed E-state index contributed by atoms with van der Waals surface area (Å²) in [5.41, 5.74) is 1.12. The molecule has 0 saturated heterocycles. The van der Waals surface area contributed by atoms with E-state index in [9.17, 15) is 9.90 Å².